The molecule has 2 heterocycles. The van der Waals surface area contributed by atoms with Crippen LogP contribution in [0, 0.1) is 0 Å². The Morgan fingerprint density at radius 1 is 1.34 bits per heavy atom. The van der Waals surface area contributed by atoms with Crippen molar-refractivity contribution in [3.8, 4) is 5.75 Å². The van der Waals surface area contributed by atoms with Crippen LogP contribution in [0.1, 0.15) is 20.8 Å². The number of carbonyl (C=O) groups is 1. The molecule has 1 aliphatic rings. The van der Waals surface area contributed by atoms with Crippen LogP contribution < -0.4 is 15.0 Å². The van der Waals surface area contributed by atoms with E-state index in [1.165, 1.54) is 0 Å². The highest BCUT2D eigenvalue weighted by atomic mass is 19.1. The lowest BCUT2D eigenvalue weighted by Gasteiger charge is -2.24. The minimum absolute atomic E-state index is 0.0167. The molecule has 1 saturated heterocycles. The third kappa shape index (κ3) is 6.08. The van der Waals surface area contributed by atoms with Crippen LogP contribution in [-0.4, -0.2) is 56.1 Å². The topological polar surface area (TPSA) is 86.1 Å². The van der Waals surface area contributed by atoms with Crippen molar-refractivity contribution >= 4 is 23.2 Å². The van der Waals surface area contributed by atoms with E-state index in [0.29, 0.717) is 42.4 Å². The zero-order chi connectivity index (χ0) is 20.9. The second kappa shape index (κ2) is 9.13. The van der Waals surface area contributed by atoms with Crippen LogP contribution in [0.2, 0.25) is 0 Å². The number of nitrogens with zero attached hydrogens (tertiary/aromatic N) is 2. The van der Waals surface area contributed by atoms with Crippen LogP contribution in [0.4, 0.5) is 15.2 Å². The lowest BCUT2D eigenvalue weighted by Crippen LogP contribution is -2.36. The Labute approximate surface area is 168 Å². The molecule has 9 heteroatoms. The van der Waals surface area contributed by atoms with Gasteiger partial charge in [-0.25, -0.2) is 9.18 Å². The minimum Gasteiger partial charge on any atom is -0.489 e. The zero-order valence-electron chi connectivity index (χ0n) is 16.9. The second-order valence-corrected chi connectivity index (χ2v) is 7.64. The molecule has 1 fully saturated rings. The number of nitrogens with one attached hydrogen (secondary N) is 1. The number of hydrogen-bond donors (Lipinski definition) is 1. The molecule has 0 unspecified atom stereocenters. The second-order valence-electron chi connectivity index (χ2n) is 7.64. The molecule has 1 aromatic carbocycles. The van der Waals surface area contributed by atoms with Crippen LogP contribution in [-0.2, 0) is 9.47 Å². The number of hydrogen-bond acceptors (Lipinski definition) is 7. The highest BCUT2D eigenvalue weighted by Gasteiger charge is 2.18. The fourth-order valence-corrected chi connectivity index (χ4v) is 2.67. The normalized spacial score (nSPS) is 15.4. The van der Waals surface area contributed by atoms with Crippen molar-refractivity contribution < 1.29 is 27.8 Å². The van der Waals surface area contributed by atoms with Gasteiger partial charge in [-0.05, 0) is 32.9 Å². The SMILES string of the molecule is CC(C)(C)OC(=O)NC/C(=C\F)COc1ccc2nc(N3CCOCC3)oc2c1. The summed E-state index contributed by atoms with van der Waals surface area (Å²) in [6.45, 7) is 7.96. The first-order chi connectivity index (χ1) is 13.8. The van der Waals surface area contributed by atoms with Gasteiger partial charge in [-0.2, -0.15) is 4.98 Å². The maximum atomic E-state index is 13.1. The van der Waals surface area contributed by atoms with Gasteiger partial charge >= 0.3 is 6.09 Å². The third-order valence-corrected chi connectivity index (χ3v) is 4.07. The Morgan fingerprint density at radius 3 is 2.79 bits per heavy atom. The van der Waals surface area contributed by atoms with E-state index in [1.54, 1.807) is 39.0 Å². The third-order valence-electron chi connectivity index (χ3n) is 4.07. The molecule has 29 heavy (non-hydrogen) atoms. The highest BCUT2D eigenvalue weighted by molar-refractivity contribution is 5.76. The molecule has 1 N–H and O–H groups in total. The monoisotopic (exact) mass is 407 g/mol. The summed E-state index contributed by atoms with van der Waals surface area (Å²) in [5, 5.41) is 2.50. The fourth-order valence-electron chi connectivity index (χ4n) is 2.67. The minimum atomic E-state index is -0.618. The summed E-state index contributed by atoms with van der Waals surface area (Å²) in [5.74, 6) is 0.513. The van der Waals surface area contributed by atoms with Crippen molar-refractivity contribution in [3.63, 3.8) is 0 Å². The number of fused-ring (bicyclic) bond motifs is 1. The van der Waals surface area contributed by atoms with Crippen molar-refractivity contribution in [3.05, 3.63) is 30.1 Å². The van der Waals surface area contributed by atoms with Gasteiger partial charge in [-0.1, -0.05) is 0 Å². The lowest BCUT2D eigenvalue weighted by molar-refractivity contribution is 0.0531. The first-order valence-electron chi connectivity index (χ1n) is 9.45. The summed E-state index contributed by atoms with van der Waals surface area (Å²) >= 11 is 0. The maximum absolute atomic E-state index is 13.1. The van der Waals surface area contributed by atoms with Crippen molar-refractivity contribution in [2.24, 2.45) is 0 Å². The maximum Gasteiger partial charge on any atom is 0.407 e. The summed E-state index contributed by atoms with van der Waals surface area (Å²) in [7, 11) is 0. The van der Waals surface area contributed by atoms with Gasteiger partial charge < -0.3 is 28.8 Å². The van der Waals surface area contributed by atoms with Crippen LogP contribution in [0.3, 0.4) is 0 Å². The summed E-state index contributed by atoms with van der Waals surface area (Å²) in [6, 6.07) is 5.79. The molecule has 0 atom stereocenters. The predicted molar refractivity (Wildman–Crippen MR) is 106 cm³/mol. The molecule has 8 nitrogen and oxygen atoms in total. The first kappa shape index (κ1) is 20.9. The Hall–Kier alpha value is -2.81. The van der Waals surface area contributed by atoms with Crippen molar-refractivity contribution in [2.75, 3.05) is 44.4 Å². The van der Waals surface area contributed by atoms with Gasteiger partial charge in [-0.3, -0.25) is 0 Å². The van der Waals surface area contributed by atoms with Crippen LogP contribution >= 0.6 is 0 Å². The van der Waals surface area contributed by atoms with E-state index in [2.05, 4.69) is 10.3 Å². The van der Waals surface area contributed by atoms with Crippen LogP contribution in [0.5, 0.6) is 5.75 Å². The number of carbonyl (C=O) groups excluding carboxylic acids is 1. The molecular formula is C20H26FN3O5. The number of rotatable bonds is 6. The smallest absolute Gasteiger partial charge is 0.407 e. The molecule has 3 rings (SSSR count). The Morgan fingerprint density at radius 2 is 2.10 bits per heavy atom. The molecule has 158 valence electrons. The average Bonchev–Trinajstić information content (AvgIpc) is 3.11. The van der Waals surface area contributed by atoms with E-state index in [9.17, 15) is 9.18 Å². The number of halogens is 1. The number of ether oxygens (including phenoxy) is 3. The fraction of sp³-hybridized carbons (Fsp3) is 0.500. The van der Waals surface area contributed by atoms with Crippen LogP contribution in [0.25, 0.3) is 11.1 Å². The molecule has 1 aromatic heterocycles. The molecule has 0 spiro atoms. The molecular weight excluding hydrogens is 381 g/mol. The Bertz CT molecular complexity index is 869. The van der Waals surface area contributed by atoms with Gasteiger partial charge in [0.25, 0.3) is 6.01 Å². The Balaban J connectivity index is 1.55. The lowest BCUT2D eigenvalue weighted by atomic mass is 10.2. The number of morpholine rings is 1. The van der Waals surface area contributed by atoms with Gasteiger partial charge in [0.05, 0.1) is 19.5 Å². The van der Waals surface area contributed by atoms with Gasteiger partial charge in [0.1, 0.15) is 23.5 Å². The standard InChI is InChI=1S/C20H26FN3O5/c1-20(2,3)29-19(25)22-12-14(11-21)13-27-15-4-5-16-17(10-15)28-18(23-16)24-6-8-26-9-7-24/h4-5,10-11H,6-9,12-13H2,1-3H3,(H,22,25)/b14-11+. The van der Waals surface area contributed by atoms with Crippen molar-refractivity contribution in [1.82, 2.24) is 10.3 Å². The summed E-state index contributed by atoms with van der Waals surface area (Å²) in [4.78, 5) is 18.2. The number of amides is 1. The van der Waals surface area contributed by atoms with E-state index in [4.69, 9.17) is 18.6 Å². The molecule has 1 aliphatic heterocycles. The molecule has 0 bridgehead atoms. The van der Waals surface area contributed by atoms with E-state index in [1.807, 2.05) is 4.90 Å². The summed E-state index contributed by atoms with van der Waals surface area (Å²) in [5.41, 5.74) is 0.947. The number of oxazole rings is 1. The molecule has 0 aliphatic carbocycles. The number of aromatic nitrogens is 1. The van der Waals surface area contributed by atoms with Gasteiger partial charge in [0, 0.05) is 31.3 Å². The van der Waals surface area contributed by atoms with Crippen molar-refractivity contribution in [1.29, 1.82) is 0 Å². The van der Waals surface area contributed by atoms with Gasteiger partial charge in [0.15, 0.2) is 5.58 Å². The molecule has 1 amide bonds. The quantitative estimate of drug-likeness (QED) is 0.785. The number of anilines is 1. The number of benzene rings is 1. The predicted octanol–water partition coefficient (Wildman–Crippen LogP) is 3.42. The molecule has 2 aromatic rings. The summed E-state index contributed by atoms with van der Waals surface area (Å²) < 4.78 is 35.1. The van der Waals surface area contributed by atoms with Crippen molar-refractivity contribution in [2.45, 2.75) is 26.4 Å². The van der Waals surface area contributed by atoms with E-state index < -0.39 is 11.7 Å². The van der Waals surface area contributed by atoms with Gasteiger partial charge in [-0.15, -0.1) is 0 Å². The molecule has 0 saturated carbocycles. The highest BCUT2D eigenvalue weighted by Crippen LogP contribution is 2.26. The first-order valence-corrected chi connectivity index (χ1v) is 9.45. The van der Waals surface area contributed by atoms with Gasteiger partial charge in [0.2, 0.25) is 0 Å². The summed E-state index contributed by atoms with van der Waals surface area (Å²) in [6.07, 6.45) is -0.198. The number of alkyl carbamates (subject to hydrolysis) is 1. The average molecular weight is 407 g/mol. The van der Waals surface area contributed by atoms with E-state index in [-0.39, 0.29) is 18.7 Å². The zero-order valence-corrected chi connectivity index (χ0v) is 16.9. The van der Waals surface area contributed by atoms with Crippen LogP contribution in [0.15, 0.2) is 34.5 Å². The van der Waals surface area contributed by atoms with E-state index >= 15 is 0 Å². The Kier molecular flexibility index (Phi) is 6.58. The molecule has 0 radical (unpaired) electrons. The largest absolute Gasteiger partial charge is 0.489 e. The van der Waals surface area contributed by atoms with E-state index in [0.717, 1.165) is 13.1 Å².